The average molecular weight is 602 g/mol. The monoisotopic (exact) mass is 601 g/mol. The van der Waals surface area contributed by atoms with Crippen LogP contribution in [0.1, 0.15) is 64.7 Å². The van der Waals surface area contributed by atoms with Crippen LogP contribution in [0.15, 0.2) is 42.5 Å². The first kappa shape index (κ1) is 36.5. The number of rotatable bonds is 19. The van der Waals surface area contributed by atoms with Crippen LogP contribution in [0.2, 0.25) is 0 Å². The summed E-state index contributed by atoms with van der Waals surface area (Å²) in [4.78, 5) is 17.5. The molecule has 2 rings (SSSR count). The Hall–Kier alpha value is -2.69. The smallest absolute Gasteiger partial charge is 0.320 e. The molecule has 0 aliphatic carbocycles. The average Bonchev–Trinajstić information content (AvgIpc) is 2.91. The lowest BCUT2D eigenvalue weighted by Gasteiger charge is -2.33. The number of hydrogen-bond donors (Lipinski definition) is 1. The minimum Gasteiger partial charge on any atom is -0.467 e. The number of carbonyl (C=O) groups excluding carboxylic acids is 1. The second kappa shape index (κ2) is 18.2. The van der Waals surface area contributed by atoms with Crippen molar-refractivity contribution in [2.45, 2.75) is 73.1 Å². The highest BCUT2D eigenvalue weighted by Gasteiger charge is 2.23. The van der Waals surface area contributed by atoms with Crippen LogP contribution in [0.4, 0.5) is 0 Å². The van der Waals surface area contributed by atoms with Gasteiger partial charge in [-0.15, -0.1) is 0 Å². The molecule has 0 fully saturated rings. The van der Waals surface area contributed by atoms with Crippen molar-refractivity contribution in [2.24, 2.45) is 11.1 Å². The van der Waals surface area contributed by atoms with Crippen LogP contribution in [-0.2, 0) is 38.5 Å². The van der Waals surface area contributed by atoms with Gasteiger partial charge in [0.2, 0.25) is 0 Å². The second-order valence-corrected chi connectivity index (χ2v) is 13.1. The summed E-state index contributed by atoms with van der Waals surface area (Å²) in [5.41, 5.74) is 8.60. The summed E-state index contributed by atoms with van der Waals surface area (Å²) in [5, 5.41) is 0. The van der Waals surface area contributed by atoms with Crippen molar-refractivity contribution in [3.63, 3.8) is 0 Å². The molecule has 0 bridgehead atoms. The van der Waals surface area contributed by atoms with Gasteiger partial charge in [-0.1, -0.05) is 51.1 Å². The fraction of sp³-hybridized carbons (Fsp3) is 0.618. The molecule has 0 heterocycles. The van der Waals surface area contributed by atoms with Crippen LogP contribution in [-0.4, -0.2) is 81.9 Å². The lowest BCUT2D eigenvalue weighted by atomic mass is 9.95. The van der Waals surface area contributed by atoms with Crippen molar-refractivity contribution in [1.82, 2.24) is 9.80 Å². The minimum atomic E-state index is -0.561. The van der Waals surface area contributed by atoms with E-state index in [4.69, 9.17) is 29.4 Å². The Bertz CT molecular complexity index is 1100. The predicted octanol–water partition coefficient (Wildman–Crippen LogP) is 5.24. The number of benzene rings is 2. The third-order valence-corrected chi connectivity index (χ3v) is 6.42. The van der Waals surface area contributed by atoms with E-state index in [1.54, 1.807) is 14.2 Å². The lowest BCUT2D eigenvalue weighted by molar-refractivity contribution is -0.156. The van der Waals surface area contributed by atoms with Crippen molar-refractivity contribution in [2.75, 3.05) is 60.5 Å². The molecule has 0 spiro atoms. The number of esters is 1. The predicted molar refractivity (Wildman–Crippen MR) is 171 cm³/mol. The van der Waals surface area contributed by atoms with Gasteiger partial charge in [0.1, 0.15) is 17.1 Å². The number of nitrogens with zero attached hydrogens (tertiary/aromatic N) is 2. The fourth-order valence-electron chi connectivity index (χ4n) is 4.80. The first-order valence-corrected chi connectivity index (χ1v) is 15.1. The Balaban J connectivity index is 2.33. The van der Waals surface area contributed by atoms with E-state index in [9.17, 15) is 4.79 Å². The molecule has 0 saturated carbocycles. The Labute approximate surface area is 259 Å². The van der Waals surface area contributed by atoms with Gasteiger partial charge in [0.05, 0.1) is 6.54 Å². The van der Waals surface area contributed by atoms with Crippen LogP contribution >= 0.6 is 0 Å². The molecule has 9 nitrogen and oxygen atoms in total. The molecule has 0 atom stereocenters. The van der Waals surface area contributed by atoms with Crippen molar-refractivity contribution in [3.05, 3.63) is 59.2 Å². The zero-order chi connectivity index (χ0) is 31.9. The van der Waals surface area contributed by atoms with E-state index < -0.39 is 5.60 Å². The van der Waals surface area contributed by atoms with E-state index in [1.165, 1.54) is 5.56 Å². The Morgan fingerprint density at radius 2 is 1.42 bits per heavy atom. The quantitative estimate of drug-likeness (QED) is 0.171. The SMILES string of the molecule is COCOc1ccccc1CN(CCN(Cc1cc(CCCN)ccc1OCOC)CC(C)(C)C)CC(=O)OC(C)(C)C. The normalized spacial score (nSPS) is 12.2. The first-order valence-electron chi connectivity index (χ1n) is 15.1. The summed E-state index contributed by atoms with van der Waals surface area (Å²) in [6.45, 7) is 17.0. The summed E-state index contributed by atoms with van der Waals surface area (Å²) < 4.78 is 27.8. The van der Waals surface area contributed by atoms with Crippen molar-refractivity contribution >= 4 is 5.97 Å². The highest BCUT2D eigenvalue weighted by atomic mass is 16.7. The van der Waals surface area contributed by atoms with Crippen molar-refractivity contribution in [1.29, 1.82) is 0 Å². The van der Waals surface area contributed by atoms with Crippen LogP contribution in [0.25, 0.3) is 0 Å². The molecule has 0 aromatic heterocycles. The maximum atomic E-state index is 13.0. The summed E-state index contributed by atoms with van der Waals surface area (Å²) in [7, 11) is 3.22. The molecule has 9 heteroatoms. The molecule has 0 saturated heterocycles. The number of methoxy groups -OCH3 is 2. The van der Waals surface area contributed by atoms with Crippen LogP contribution in [0, 0.1) is 5.41 Å². The second-order valence-electron chi connectivity index (χ2n) is 13.1. The molecule has 2 N–H and O–H groups in total. The van der Waals surface area contributed by atoms with Crippen LogP contribution < -0.4 is 15.2 Å². The van der Waals surface area contributed by atoms with Gasteiger partial charge in [-0.05, 0) is 63.3 Å². The first-order chi connectivity index (χ1) is 20.3. The number of ether oxygens (including phenoxy) is 5. The zero-order valence-corrected chi connectivity index (χ0v) is 27.7. The van der Waals surface area contributed by atoms with E-state index >= 15 is 0 Å². The number of carbonyl (C=O) groups is 1. The number of nitrogens with two attached hydrogens (primary N) is 1. The lowest BCUT2D eigenvalue weighted by Crippen LogP contribution is -2.41. The third kappa shape index (κ3) is 15.0. The molecule has 2 aromatic carbocycles. The van der Waals surface area contributed by atoms with Gasteiger partial charge < -0.3 is 29.4 Å². The highest BCUT2D eigenvalue weighted by Crippen LogP contribution is 2.26. The maximum Gasteiger partial charge on any atom is 0.320 e. The van der Waals surface area contributed by atoms with E-state index in [-0.39, 0.29) is 31.5 Å². The Morgan fingerprint density at radius 1 is 0.814 bits per heavy atom. The zero-order valence-electron chi connectivity index (χ0n) is 27.7. The van der Waals surface area contributed by atoms with Gasteiger partial charge in [0.25, 0.3) is 0 Å². The summed E-state index contributed by atoms with van der Waals surface area (Å²) in [5.74, 6) is 1.29. The third-order valence-electron chi connectivity index (χ3n) is 6.42. The van der Waals surface area contributed by atoms with Gasteiger partial charge in [0, 0.05) is 58.1 Å². The fourth-order valence-corrected chi connectivity index (χ4v) is 4.80. The van der Waals surface area contributed by atoms with Crippen LogP contribution in [0.3, 0.4) is 0 Å². The molecule has 0 unspecified atom stereocenters. The number of aryl methyl sites for hydroxylation is 1. The van der Waals surface area contributed by atoms with Gasteiger partial charge in [-0.3, -0.25) is 14.6 Å². The molecule has 0 aliphatic rings. The van der Waals surface area contributed by atoms with Gasteiger partial charge in [-0.2, -0.15) is 0 Å². The molecule has 0 amide bonds. The van der Waals surface area contributed by atoms with Crippen molar-refractivity contribution in [3.8, 4) is 11.5 Å². The van der Waals surface area contributed by atoms with Gasteiger partial charge >= 0.3 is 5.97 Å². The number of para-hydroxylation sites is 1. The molecule has 2 aromatic rings. The van der Waals surface area contributed by atoms with E-state index in [1.807, 2.05) is 51.1 Å². The maximum absolute atomic E-state index is 13.0. The van der Waals surface area contributed by atoms with E-state index in [2.05, 4.69) is 42.7 Å². The number of hydrogen-bond acceptors (Lipinski definition) is 9. The standard InChI is InChI=1S/C34H55N3O6/c1-33(2,3)24-37(22-29-20-27(12-11-17-35)15-16-31(29)42-26-40-8)19-18-36(23-32(38)43-34(4,5)6)21-28-13-9-10-14-30(28)41-25-39-7/h9-10,13-16,20H,11-12,17-19,21-26,35H2,1-8H3. The van der Waals surface area contributed by atoms with Crippen LogP contribution in [0.5, 0.6) is 11.5 Å². The molecule has 43 heavy (non-hydrogen) atoms. The Morgan fingerprint density at radius 3 is 2.02 bits per heavy atom. The van der Waals surface area contributed by atoms with E-state index in [0.29, 0.717) is 26.2 Å². The summed E-state index contributed by atoms with van der Waals surface area (Å²) >= 11 is 0. The van der Waals surface area contributed by atoms with E-state index in [0.717, 1.165) is 48.6 Å². The summed E-state index contributed by atoms with van der Waals surface area (Å²) in [6.07, 6.45) is 1.85. The highest BCUT2D eigenvalue weighted by molar-refractivity contribution is 5.72. The molecular weight excluding hydrogens is 546 g/mol. The van der Waals surface area contributed by atoms with Crippen molar-refractivity contribution < 1.29 is 28.5 Å². The largest absolute Gasteiger partial charge is 0.467 e. The molecular formula is C34H55N3O6. The molecule has 0 radical (unpaired) electrons. The minimum absolute atomic E-state index is 0.0568. The van der Waals surface area contributed by atoms with Gasteiger partial charge in [-0.25, -0.2) is 0 Å². The molecule has 0 aliphatic heterocycles. The Kier molecular flexibility index (Phi) is 15.4. The summed E-state index contributed by atoms with van der Waals surface area (Å²) in [6, 6.07) is 14.2. The van der Waals surface area contributed by atoms with Gasteiger partial charge in [0.15, 0.2) is 13.6 Å². The molecule has 242 valence electrons. The topological polar surface area (TPSA) is 95.7 Å².